The molecule has 186 valence electrons. The number of aromatic nitrogens is 3. The van der Waals surface area contributed by atoms with Crippen molar-refractivity contribution in [3.8, 4) is 6.07 Å². The normalized spacial score (nSPS) is 21.1. The first kappa shape index (κ1) is 24.3. The second kappa shape index (κ2) is 9.58. The molecule has 3 heterocycles. The Morgan fingerprint density at radius 3 is 2.69 bits per heavy atom. The number of halogens is 3. The van der Waals surface area contributed by atoms with Gasteiger partial charge in [0, 0.05) is 35.1 Å². The maximum absolute atomic E-state index is 13.7. The summed E-state index contributed by atoms with van der Waals surface area (Å²) in [5, 5.41) is 25.3. The topological polar surface area (TPSA) is 99.0 Å². The molecule has 8 nitrogen and oxygen atoms in total. The first-order valence-electron chi connectivity index (χ1n) is 11.4. The maximum Gasteiger partial charge on any atom is 0.283 e. The number of hydrogen-bond donors (Lipinski definition) is 1. The van der Waals surface area contributed by atoms with E-state index in [1.54, 1.807) is 25.3 Å². The summed E-state index contributed by atoms with van der Waals surface area (Å²) in [6.45, 7) is 6.29. The zero-order valence-corrected chi connectivity index (χ0v) is 20.2. The van der Waals surface area contributed by atoms with E-state index in [0.29, 0.717) is 48.0 Å². The van der Waals surface area contributed by atoms with Gasteiger partial charge in [0.1, 0.15) is 23.1 Å². The van der Waals surface area contributed by atoms with Crippen molar-refractivity contribution in [2.45, 2.75) is 44.5 Å². The number of anilines is 1. The smallest absolute Gasteiger partial charge is 0.283 e. The summed E-state index contributed by atoms with van der Waals surface area (Å²) < 4.78 is 34.8. The van der Waals surface area contributed by atoms with Gasteiger partial charge in [-0.15, -0.1) is 0 Å². The first-order valence-corrected chi connectivity index (χ1v) is 11.8. The van der Waals surface area contributed by atoms with Crippen molar-refractivity contribution in [2.24, 2.45) is 4.99 Å². The number of aliphatic hydroxyl groups excluding tert-OH is 1. The number of aliphatic imine (C=N–C) groups is 1. The lowest BCUT2D eigenvalue weighted by Crippen LogP contribution is -2.56. The van der Waals surface area contributed by atoms with Crippen LogP contribution in [0.4, 0.5) is 14.6 Å². The van der Waals surface area contributed by atoms with Crippen LogP contribution in [-0.4, -0.2) is 57.8 Å². The lowest BCUT2D eigenvalue weighted by Gasteiger charge is -2.44. The Labute approximate surface area is 210 Å². The summed E-state index contributed by atoms with van der Waals surface area (Å²) in [7, 11) is 0. The second-order valence-electron chi connectivity index (χ2n) is 8.98. The molecule has 1 aliphatic heterocycles. The molecule has 1 aromatic carbocycles. The summed E-state index contributed by atoms with van der Waals surface area (Å²) in [5.41, 5.74) is 0.451. The van der Waals surface area contributed by atoms with Crippen molar-refractivity contribution in [3.05, 3.63) is 56.2 Å². The lowest BCUT2D eigenvalue weighted by atomic mass is 9.92. The average Bonchev–Trinajstić information content (AvgIpc) is 3.15. The van der Waals surface area contributed by atoms with Gasteiger partial charge in [-0.3, -0.25) is 4.99 Å². The van der Waals surface area contributed by atoms with Gasteiger partial charge < -0.3 is 14.7 Å². The molecule has 36 heavy (non-hydrogen) atoms. The Morgan fingerprint density at radius 1 is 1.31 bits per heavy atom. The summed E-state index contributed by atoms with van der Waals surface area (Å²) in [4.78, 5) is 10.3. The van der Waals surface area contributed by atoms with Crippen LogP contribution in [0.15, 0.2) is 23.2 Å². The van der Waals surface area contributed by atoms with Crippen LogP contribution in [0.5, 0.6) is 0 Å². The zero-order valence-electron chi connectivity index (χ0n) is 19.4. The van der Waals surface area contributed by atoms with Gasteiger partial charge in [-0.2, -0.15) is 14.9 Å². The minimum absolute atomic E-state index is 0.0243. The number of benzene rings is 1. The highest BCUT2D eigenvalue weighted by Gasteiger charge is 2.37. The molecule has 5 rings (SSSR count). The molecule has 1 aliphatic carbocycles. The number of alkyl halides is 2. The second-order valence-corrected chi connectivity index (χ2v) is 9.42. The van der Waals surface area contributed by atoms with Crippen molar-refractivity contribution in [3.63, 3.8) is 0 Å². The molecule has 0 atom stereocenters. The predicted octanol–water partition coefficient (Wildman–Crippen LogP) is 2.50. The number of nitriles is 1. The third-order valence-electron chi connectivity index (χ3n) is 6.49. The quantitative estimate of drug-likeness (QED) is 0.510. The Balaban J connectivity index is 1.66. The van der Waals surface area contributed by atoms with Crippen LogP contribution in [0, 0.1) is 18.3 Å². The highest BCUT2D eigenvalue weighted by Crippen LogP contribution is 2.34. The monoisotopic (exact) mass is 512 g/mol. The van der Waals surface area contributed by atoms with Gasteiger partial charge in [0.2, 0.25) is 0 Å². The van der Waals surface area contributed by atoms with Gasteiger partial charge in [0.15, 0.2) is 5.65 Å². The minimum atomic E-state index is -2.92. The fraction of sp³-hybridized carbons (Fsp3) is 0.360. The fourth-order valence-electron chi connectivity index (χ4n) is 4.57. The molecule has 0 amide bonds. The number of fused-ring (bicyclic) bond motifs is 1. The van der Waals surface area contributed by atoms with E-state index in [4.69, 9.17) is 16.3 Å². The third-order valence-corrected chi connectivity index (χ3v) is 6.73. The van der Waals surface area contributed by atoms with Crippen molar-refractivity contribution in [1.82, 2.24) is 14.6 Å². The predicted molar refractivity (Wildman–Crippen MR) is 132 cm³/mol. The fourth-order valence-corrected chi connectivity index (χ4v) is 4.75. The Bertz CT molecular complexity index is 1500. The van der Waals surface area contributed by atoms with Crippen molar-refractivity contribution in [1.29, 1.82) is 5.26 Å². The van der Waals surface area contributed by atoms with Crippen LogP contribution in [-0.2, 0) is 4.74 Å². The van der Waals surface area contributed by atoms with Gasteiger partial charge in [-0.1, -0.05) is 17.7 Å². The Kier molecular flexibility index (Phi) is 6.47. The standard InChI is InChI=1S/C25H23ClF2N6O2/c1-13-20(6-14-3-4-16(26)5-15(14)10-30-2)25(33-11-19(12-33)36-18-7-17(35)8-18)34-24(31-13)21(9-29)22(32-34)23(27)28/h3-6,10,17-19,23,35H,2,7-8,11-12H2,1H3/b14-6+,15-10-. The molecular formula is C25H23ClF2N6O2. The van der Waals surface area contributed by atoms with E-state index in [0.717, 1.165) is 10.4 Å². The van der Waals surface area contributed by atoms with Gasteiger partial charge in [-0.25, -0.2) is 13.8 Å². The van der Waals surface area contributed by atoms with E-state index >= 15 is 0 Å². The molecule has 0 radical (unpaired) electrons. The van der Waals surface area contributed by atoms with Crippen molar-refractivity contribution in [2.75, 3.05) is 18.0 Å². The van der Waals surface area contributed by atoms with Crippen LogP contribution in [0.25, 0.3) is 17.9 Å². The maximum atomic E-state index is 13.7. The van der Waals surface area contributed by atoms with E-state index in [1.165, 1.54) is 4.52 Å². The molecule has 2 fully saturated rings. The van der Waals surface area contributed by atoms with E-state index in [2.05, 4.69) is 21.8 Å². The third kappa shape index (κ3) is 4.34. The Morgan fingerprint density at radius 2 is 2.06 bits per heavy atom. The molecular weight excluding hydrogens is 490 g/mol. The number of aryl methyl sites for hydroxylation is 1. The van der Waals surface area contributed by atoms with Crippen LogP contribution < -0.4 is 15.3 Å². The largest absolute Gasteiger partial charge is 0.393 e. The lowest BCUT2D eigenvalue weighted by molar-refractivity contribution is -0.110. The summed E-state index contributed by atoms with van der Waals surface area (Å²) in [6.07, 6.45) is 1.40. The van der Waals surface area contributed by atoms with Gasteiger partial charge in [0.05, 0.1) is 24.0 Å². The molecule has 0 spiro atoms. The van der Waals surface area contributed by atoms with Crippen molar-refractivity contribution < 1.29 is 18.6 Å². The summed E-state index contributed by atoms with van der Waals surface area (Å²) >= 11 is 6.17. The SMILES string of the molecule is C=N/C=c1/cc(Cl)cc/c1=C\c1c(C)nc2c(C#N)c(C(F)F)nn2c1N1CC(OC2CC(O)C2)C1. The highest BCUT2D eigenvalue weighted by molar-refractivity contribution is 6.30. The van der Waals surface area contributed by atoms with E-state index in [9.17, 15) is 19.1 Å². The van der Waals surface area contributed by atoms with E-state index < -0.39 is 12.1 Å². The minimum Gasteiger partial charge on any atom is -0.393 e. The molecule has 1 saturated carbocycles. The van der Waals surface area contributed by atoms with Crippen LogP contribution in [0.2, 0.25) is 5.02 Å². The number of aliphatic hydroxyl groups is 1. The van der Waals surface area contributed by atoms with Crippen molar-refractivity contribution >= 4 is 42.1 Å². The highest BCUT2D eigenvalue weighted by atomic mass is 35.5. The summed E-state index contributed by atoms with van der Waals surface area (Å²) in [5.74, 6) is 0.543. The van der Waals surface area contributed by atoms with Crippen LogP contribution >= 0.6 is 11.6 Å². The molecule has 2 aliphatic rings. The van der Waals surface area contributed by atoms with E-state index in [-0.39, 0.29) is 29.5 Å². The number of nitrogens with zero attached hydrogens (tertiary/aromatic N) is 6. The van der Waals surface area contributed by atoms with E-state index in [1.807, 2.05) is 23.1 Å². The van der Waals surface area contributed by atoms with Gasteiger partial charge >= 0.3 is 0 Å². The zero-order chi connectivity index (χ0) is 25.6. The number of ether oxygens (including phenoxy) is 1. The molecule has 0 bridgehead atoms. The van der Waals surface area contributed by atoms with Gasteiger partial charge in [0.25, 0.3) is 6.43 Å². The molecule has 1 N–H and O–H groups in total. The molecule has 1 saturated heterocycles. The van der Waals surface area contributed by atoms with Crippen LogP contribution in [0.1, 0.15) is 41.8 Å². The molecule has 2 aromatic heterocycles. The first-order chi connectivity index (χ1) is 17.3. The molecule has 11 heteroatoms. The van der Waals surface area contributed by atoms with Crippen LogP contribution in [0.3, 0.4) is 0 Å². The average molecular weight is 513 g/mol. The number of hydrogen-bond acceptors (Lipinski definition) is 7. The molecule has 0 unspecified atom stereocenters. The summed E-state index contributed by atoms with van der Waals surface area (Å²) in [6, 6.07) is 7.16. The van der Waals surface area contributed by atoms with Gasteiger partial charge in [-0.05, 0) is 49.9 Å². The number of rotatable bonds is 6. The molecule has 3 aromatic rings. The Hall–Kier alpha value is -3.39.